The van der Waals surface area contributed by atoms with Crippen LogP contribution in [0.15, 0.2) is 24.3 Å². The lowest BCUT2D eigenvalue weighted by molar-refractivity contribution is -0.147. The van der Waals surface area contributed by atoms with Crippen LogP contribution in [-0.4, -0.2) is 42.4 Å². The quantitative estimate of drug-likeness (QED) is 0.647. The highest BCUT2D eigenvalue weighted by Gasteiger charge is 2.40. The number of carbonyl (C=O) groups is 3. The molecule has 0 spiro atoms. The third kappa shape index (κ3) is 4.62. The van der Waals surface area contributed by atoms with Crippen LogP contribution in [0.4, 0.5) is 5.69 Å². The summed E-state index contributed by atoms with van der Waals surface area (Å²) in [6.45, 7) is 8.88. The molecule has 1 heterocycles. The summed E-state index contributed by atoms with van der Waals surface area (Å²) in [7, 11) is 0. The summed E-state index contributed by atoms with van der Waals surface area (Å²) in [5.41, 5.74) is -0.199. The summed E-state index contributed by atoms with van der Waals surface area (Å²) in [5.74, 6) is -0.448. The van der Waals surface area contributed by atoms with E-state index in [1.54, 1.807) is 49.9 Å². The van der Waals surface area contributed by atoms with E-state index in [9.17, 15) is 14.4 Å². The van der Waals surface area contributed by atoms with Gasteiger partial charge in [-0.2, -0.15) is 0 Å². The molecule has 1 unspecified atom stereocenters. The molecule has 0 saturated carbocycles. The predicted molar refractivity (Wildman–Crippen MR) is 99.8 cm³/mol. The van der Waals surface area contributed by atoms with Crippen LogP contribution in [0.5, 0.6) is 0 Å². The molecule has 2 rings (SSSR count). The van der Waals surface area contributed by atoms with Gasteiger partial charge in [-0.05, 0) is 63.8 Å². The van der Waals surface area contributed by atoms with E-state index in [4.69, 9.17) is 4.74 Å². The number of amides is 2. The number of esters is 1. The molecule has 1 saturated heterocycles. The van der Waals surface area contributed by atoms with Gasteiger partial charge in [0.2, 0.25) is 11.8 Å². The maximum atomic E-state index is 12.8. The van der Waals surface area contributed by atoms with Crippen molar-refractivity contribution in [2.45, 2.75) is 40.5 Å². The minimum absolute atomic E-state index is 0.148. The Bertz CT molecular complexity index is 667. The van der Waals surface area contributed by atoms with Crippen LogP contribution in [0.3, 0.4) is 0 Å². The van der Waals surface area contributed by atoms with E-state index in [0.717, 1.165) is 12.8 Å². The molecule has 1 aromatic carbocycles. The van der Waals surface area contributed by atoms with Crippen molar-refractivity contribution in [2.24, 2.45) is 11.3 Å². The monoisotopic (exact) mass is 360 g/mol. The van der Waals surface area contributed by atoms with Crippen molar-refractivity contribution in [3.05, 3.63) is 29.8 Å². The first-order valence-electron chi connectivity index (χ1n) is 9.13. The number of hydrogen-bond acceptors (Lipinski definition) is 4. The third-order valence-electron chi connectivity index (χ3n) is 4.70. The summed E-state index contributed by atoms with van der Waals surface area (Å²) < 4.78 is 4.93. The van der Waals surface area contributed by atoms with Crippen LogP contribution >= 0.6 is 0 Å². The number of carbonyl (C=O) groups excluding carboxylic acids is 3. The Morgan fingerprint density at radius 1 is 1.23 bits per heavy atom. The average Bonchev–Trinajstić information content (AvgIpc) is 2.61. The number of hydrogen-bond donors (Lipinski definition) is 1. The molecule has 26 heavy (non-hydrogen) atoms. The molecule has 1 atom stereocenters. The van der Waals surface area contributed by atoms with Crippen LogP contribution in [-0.2, 0) is 14.3 Å². The van der Waals surface area contributed by atoms with Gasteiger partial charge in [0.1, 0.15) is 5.41 Å². The molecule has 1 aliphatic heterocycles. The van der Waals surface area contributed by atoms with Crippen LogP contribution in [0.25, 0.3) is 0 Å². The van der Waals surface area contributed by atoms with Crippen molar-refractivity contribution in [3.8, 4) is 0 Å². The lowest BCUT2D eigenvalue weighted by atomic mass is 9.88. The number of ether oxygens (including phenoxy) is 1. The molecule has 1 aliphatic rings. The van der Waals surface area contributed by atoms with Gasteiger partial charge >= 0.3 is 5.97 Å². The molecule has 142 valence electrons. The van der Waals surface area contributed by atoms with Crippen molar-refractivity contribution < 1.29 is 19.1 Å². The van der Waals surface area contributed by atoms with Crippen molar-refractivity contribution in [1.29, 1.82) is 0 Å². The van der Waals surface area contributed by atoms with Gasteiger partial charge in [0.05, 0.1) is 12.2 Å². The Labute approximate surface area is 154 Å². The van der Waals surface area contributed by atoms with Crippen molar-refractivity contribution in [2.75, 3.05) is 25.0 Å². The molecule has 6 nitrogen and oxygen atoms in total. The summed E-state index contributed by atoms with van der Waals surface area (Å²) >= 11 is 0. The summed E-state index contributed by atoms with van der Waals surface area (Å²) in [4.78, 5) is 38.9. The number of anilines is 1. The van der Waals surface area contributed by atoms with Gasteiger partial charge in [0.25, 0.3) is 0 Å². The van der Waals surface area contributed by atoms with Crippen molar-refractivity contribution >= 4 is 23.5 Å². The Balaban J connectivity index is 2.03. The number of piperidine rings is 1. The topological polar surface area (TPSA) is 75.7 Å². The second-order valence-corrected chi connectivity index (χ2v) is 7.38. The van der Waals surface area contributed by atoms with Gasteiger partial charge in [-0.1, -0.05) is 6.92 Å². The second kappa shape index (κ2) is 8.34. The maximum Gasteiger partial charge on any atom is 0.338 e. The molecule has 6 heteroatoms. The number of nitrogens with zero attached hydrogens (tertiary/aromatic N) is 1. The number of rotatable bonds is 5. The molecule has 0 aliphatic carbocycles. The fourth-order valence-electron chi connectivity index (χ4n) is 3.06. The van der Waals surface area contributed by atoms with Crippen LogP contribution in [0, 0.1) is 11.3 Å². The fourth-order valence-corrected chi connectivity index (χ4v) is 3.06. The van der Waals surface area contributed by atoms with Crippen molar-refractivity contribution in [3.63, 3.8) is 0 Å². The largest absolute Gasteiger partial charge is 0.462 e. The highest BCUT2D eigenvalue weighted by molar-refractivity contribution is 6.10. The molecule has 1 fully saturated rings. The minimum Gasteiger partial charge on any atom is -0.462 e. The molecular weight excluding hydrogens is 332 g/mol. The number of benzene rings is 1. The first kappa shape index (κ1) is 19.9. The molecule has 2 amide bonds. The second-order valence-electron chi connectivity index (χ2n) is 7.38. The first-order valence-corrected chi connectivity index (χ1v) is 9.13. The van der Waals surface area contributed by atoms with Crippen LogP contribution in [0.1, 0.15) is 50.9 Å². The predicted octanol–water partition coefficient (Wildman–Crippen LogP) is 3.09. The summed E-state index contributed by atoms with van der Waals surface area (Å²) in [5, 5.41) is 2.77. The van der Waals surface area contributed by atoms with E-state index in [2.05, 4.69) is 12.2 Å². The standard InChI is InChI=1S/C20H28N2O4/c1-5-26-17(23)15-8-10-16(11-9-15)21-18(24)20(3,4)19(25)22-12-6-7-14(2)13-22/h8-11,14H,5-7,12-13H2,1-4H3,(H,21,24). The summed E-state index contributed by atoms with van der Waals surface area (Å²) in [6.07, 6.45) is 2.09. The molecule has 0 radical (unpaired) electrons. The van der Waals surface area contributed by atoms with E-state index >= 15 is 0 Å². The zero-order chi connectivity index (χ0) is 19.3. The Morgan fingerprint density at radius 2 is 1.88 bits per heavy atom. The highest BCUT2D eigenvalue weighted by Crippen LogP contribution is 2.25. The van der Waals surface area contributed by atoms with E-state index in [0.29, 0.717) is 36.9 Å². The van der Waals surface area contributed by atoms with E-state index < -0.39 is 11.4 Å². The SMILES string of the molecule is CCOC(=O)c1ccc(NC(=O)C(C)(C)C(=O)N2CCCC(C)C2)cc1. The first-order chi connectivity index (χ1) is 12.3. The zero-order valence-corrected chi connectivity index (χ0v) is 16.0. The molecule has 1 aromatic rings. The minimum atomic E-state index is -1.16. The highest BCUT2D eigenvalue weighted by atomic mass is 16.5. The van der Waals surface area contributed by atoms with E-state index in [-0.39, 0.29) is 11.8 Å². The van der Waals surface area contributed by atoms with Gasteiger partial charge in [0.15, 0.2) is 0 Å². The Morgan fingerprint density at radius 3 is 2.46 bits per heavy atom. The lowest BCUT2D eigenvalue weighted by Crippen LogP contribution is -2.50. The molecule has 0 aromatic heterocycles. The van der Waals surface area contributed by atoms with Crippen molar-refractivity contribution in [1.82, 2.24) is 4.90 Å². The van der Waals surface area contributed by atoms with Gasteiger partial charge in [-0.15, -0.1) is 0 Å². The smallest absolute Gasteiger partial charge is 0.338 e. The molecular formula is C20H28N2O4. The van der Waals surface area contributed by atoms with Gasteiger partial charge in [0, 0.05) is 18.8 Å². The van der Waals surface area contributed by atoms with Gasteiger partial charge < -0.3 is 15.0 Å². The van der Waals surface area contributed by atoms with Crippen LogP contribution < -0.4 is 5.32 Å². The Hall–Kier alpha value is -2.37. The van der Waals surface area contributed by atoms with E-state index in [1.165, 1.54) is 0 Å². The summed E-state index contributed by atoms with van der Waals surface area (Å²) in [6, 6.07) is 6.45. The zero-order valence-electron chi connectivity index (χ0n) is 16.0. The fraction of sp³-hybridized carbons (Fsp3) is 0.550. The van der Waals surface area contributed by atoms with Crippen LogP contribution in [0.2, 0.25) is 0 Å². The molecule has 0 bridgehead atoms. The third-order valence-corrected chi connectivity index (χ3v) is 4.70. The lowest BCUT2D eigenvalue weighted by Gasteiger charge is -2.36. The Kier molecular flexibility index (Phi) is 6.40. The van der Waals surface area contributed by atoms with E-state index in [1.807, 2.05) is 0 Å². The van der Waals surface area contributed by atoms with Gasteiger partial charge in [-0.25, -0.2) is 4.79 Å². The number of likely N-dealkylation sites (tertiary alicyclic amines) is 1. The normalized spacial score (nSPS) is 17.5. The molecule has 1 N–H and O–H groups in total. The maximum absolute atomic E-state index is 12.8. The number of nitrogens with one attached hydrogen (secondary N) is 1. The average molecular weight is 360 g/mol. The van der Waals surface area contributed by atoms with Gasteiger partial charge in [-0.3, -0.25) is 9.59 Å².